The van der Waals surface area contributed by atoms with Gasteiger partial charge in [0, 0.05) is 26.3 Å². The van der Waals surface area contributed by atoms with Crippen molar-refractivity contribution in [2.24, 2.45) is 5.92 Å². The molecule has 34 heavy (non-hydrogen) atoms. The SMILES string of the molecule is C[C@H](Oc1ccc(S(C)(=O)=O)cc1C(=O)N1CC2CC2(c2noc(C(F)(F)F)n2)C1)C(C)(F)F. The van der Waals surface area contributed by atoms with Crippen LogP contribution in [0.5, 0.6) is 5.75 Å². The molecule has 3 atom stereocenters. The largest absolute Gasteiger partial charge is 0.484 e. The van der Waals surface area contributed by atoms with Gasteiger partial charge in [-0.15, -0.1) is 0 Å². The van der Waals surface area contributed by atoms with E-state index < -0.39 is 45.3 Å². The van der Waals surface area contributed by atoms with Crippen LogP contribution in [-0.4, -0.2) is 60.7 Å². The summed E-state index contributed by atoms with van der Waals surface area (Å²) in [6, 6.07) is 3.32. The predicted molar refractivity (Wildman–Crippen MR) is 105 cm³/mol. The molecule has 2 unspecified atom stereocenters. The monoisotopic (exact) mass is 509 g/mol. The number of amides is 1. The highest BCUT2D eigenvalue weighted by atomic mass is 32.2. The molecule has 1 saturated carbocycles. The number of ether oxygens (including phenoxy) is 1. The molecule has 14 heteroatoms. The lowest BCUT2D eigenvalue weighted by Gasteiger charge is -2.25. The van der Waals surface area contributed by atoms with Crippen molar-refractivity contribution < 1.29 is 44.4 Å². The topological polar surface area (TPSA) is 103 Å². The molecule has 4 rings (SSSR count). The fraction of sp³-hybridized carbons (Fsp3) is 0.550. The second kappa shape index (κ2) is 7.62. The van der Waals surface area contributed by atoms with Crippen molar-refractivity contribution in [3.8, 4) is 5.75 Å². The summed E-state index contributed by atoms with van der Waals surface area (Å²) < 4.78 is 99.5. The number of hydrogen-bond donors (Lipinski definition) is 0. The first kappa shape index (κ1) is 24.4. The Kier molecular flexibility index (Phi) is 5.46. The minimum atomic E-state index is -4.81. The van der Waals surface area contributed by atoms with E-state index in [1.165, 1.54) is 4.90 Å². The molecule has 2 aromatic rings. The molecule has 0 radical (unpaired) electrons. The first-order valence-corrected chi connectivity index (χ1v) is 12.0. The predicted octanol–water partition coefficient (Wildman–Crippen LogP) is 3.33. The van der Waals surface area contributed by atoms with Crippen molar-refractivity contribution in [2.45, 2.75) is 48.8 Å². The smallest absolute Gasteiger partial charge is 0.471 e. The van der Waals surface area contributed by atoms with Crippen LogP contribution in [0.4, 0.5) is 22.0 Å². The van der Waals surface area contributed by atoms with Crippen LogP contribution >= 0.6 is 0 Å². The maximum atomic E-state index is 13.7. The second-order valence-corrected chi connectivity index (χ2v) is 10.8. The Morgan fingerprint density at radius 1 is 1.29 bits per heavy atom. The fourth-order valence-corrected chi connectivity index (χ4v) is 4.65. The summed E-state index contributed by atoms with van der Waals surface area (Å²) in [5.74, 6) is -6.07. The molecule has 1 saturated heterocycles. The molecule has 0 bridgehead atoms. The van der Waals surface area contributed by atoms with Gasteiger partial charge in [0.1, 0.15) is 5.75 Å². The molecule has 8 nitrogen and oxygen atoms in total. The van der Waals surface area contributed by atoms with Crippen LogP contribution in [0.3, 0.4) is 0 Å². The Hall–Kier alpha value is -2.77. The number of fused-ring (bicyclic) bond motifs is 1. The lowest BCUT2D eigenvalue weighted by Crippen LogP contribution is -2.35. The molecule has 2 fully saturated rings. The van der Waals surface area contributed by atoms with Gasteiger partial charge in [0.05, 0.1) is 15.9 Å². The van der Waals surface area contributed by atoms with E-state index in [4.69, 9.17) is 4.74 Å². The molecule has 1 amide bonds. The van der Waals surface area contributed by atoms with E-state index in [0.29, 0.717) is 13.3 Å². The molecular weight excluding hydrogens is 489 g/mol. The summed E-state index contributed by atoms with van der Waals surface area (Å²) in [6.07, 6.45) is -5.06. The van der Waals surface area contributed by atoms with E-state index in [1.54, 1.807) is 0 Å². The average molecular weight is 509 g/mol. The van der Waals surface area contributed by atoms with Crippen molar-refractivity contribution >= 4 is 15.7 Å². The number of halogens is 5. The Labute approximate surface area is 191 Å². The van der Waals surface area contributed by atoms with Gasteiger partial charge >= 0.3 is 12.1 Å². The average Bonchev–Trinajstić information content (AvgIpc) is 3.07. The molecular formula is C20H20F5N3O5S. The molecule has 1 aromatic heterocycles. The number of piperidine rings is 1. The van der Waals surface area contributed by atoms with Crippen molar-refractivity contribution in [2.75, 3.05) is 19.3 Å². The third-order valence-electron chi connectivity index (χ3n) is 6.17. The van der Waals surface area contributed by atoms with Gasteiger partial charge in [0.15, 0.2) is 21.8 Å². The van der Waals surface area contributed by atoms with Crippen LogP contribution in [0.2, 0.25) is 0 Å². The third-order valence-corrected chi connectivity index (χ3v) is 7.28. The lowest BCUT2D eigenvalue weighted by atomic mass is 10.1. The fourth-order valence-electron chi connectivity index (χ4n) is 4.00. The number of nitrogens with zero attached hydrogens (tertiary/aromatic N) is 3. The summed E-state index contributed by atoms with van der Waals surface area (Å²) in [6.45, 7) is 1.83. The van der Waals surface area contributed by atoms with Crippen molar-refractivity contribution in [3.05, 3.63) is 35.5 Å². The standard InChI is InChI=1S/C20H20F5N3O5S/c1-10(18(2,21)22)32-14-5-4-12(34(3,30)31)6-13(14)15(29)28-8-11-7-19(11,9-28)16-26-17(33-27-16)20(23,24)25/h4-6,10-11H,7-9H2,1-3H3/t10-,11?,19?/m0/s1. The van der Waals surface area contributed by atoms with Gasteiger partial charge in [-0.2, -0.15) is 18.2 Å². The number of sulfone groups is 1. The minimum Gasteiger partial charge on any atom is -0.484 e. The quantitative estimate of drug-likeness (QED) is 0.551. The van der Waals surface area contributed by atoms with Crippen LogP contribution in [-0.2, 0) is 21.4 Å². The molecule has 1 aliphatic heterocycles. The van der Waals surface area contributed by atoms with Crippen LogP contribution in [0, 0.1) is 5.92 Å². The van der Waals surface area contributed by atoms with Crippen molar-refractivity contribution in [1.29, 1.82) is 0 Å². The lowest BCUT2D eigenvalue weighted by molar-refractivity contribution is -0.159. The van der Waals surface area contributed by atoms with E-state index in [0.717, 1.165) is 31.4 Å². The zero-order valence-corrected chi connectivity index (χ0v) is 19.0. The number of aromatic nitrogens is 2. The van der Waals surface area contributed by atoms with Gasteiger partial charge < -0.3 is 14.2 Å². The molecule has 1 aliphatic carbocycles. The Bertz CT molecular complexity index is 1240. The minimum absolute atomic E-state index is 0.0463. The number of carbonyl (C=O) groups is 1. The highest BCUT2D eigenvalue weighted by Crippen LogP contribution is 2.58. The summed E-state index contributed by atoms with van der Waals surface area (Å²) >= 11 is 0. The van der Waals surface area contributed by atoms with Crippen LogP contribution in [0.25, 0.3) is 0 Å². The maximum absolute atomic E-state index is 13.7. The summed E-state index contributed by atoms with van der Waals surface area (Å²) in [5.41, 5.74) is -1.17. The van der Waals surface area contributed by atoms with Gasteiger partial charge in [-0.3, -0.25) is 4.79 Å². The van der Waals surface area contributed by atoms with E-state index in [2.05, 4.69) is 14.7 Å². The maximum Gasteiger partial charge on any atom is 0.471 e. The number of likely N-dealkylation sites (tertiary alicyclic amines) is 1. The van der Waals surface area contributed by atoms with Crippen LogP contribution in [0.15, 0.2) is 27.6 Å². The van der Waals surface area contributed by atoms with Gasteiger partial charge in [-0.05, 0) is 37.5 Å². The highest BCUT2D eigenvalue weighted by Gasteiger charge is 2.65. The second-order valence-electron chi connectivity index (χ2n) is 8.81. The number of alkyl halides is 5. The Morgan fingerprint density at radius 2 is 1.97 bits per heavy atom. The van der Waals surface area contributed by atoms with Crippen LogP contribution < -0.4 is 4.74 Å². The number of hydrogen-bond acceptors (Lipinski definition) is 7. The first-order chi connectivity index (χ1) is 15.5. The summed E-state index contributed by atoms with van der Waals surface area (Å²) in [7, 11) is -3.74. The number of benzene rings is 1. The van der Waals surface area contributed by atoms with Crippen molar-refractivity contribution in [1.82, 2.24) is 15.0 Å². The van der Waals surface area contributed by atoms with Gasteiger partial charge in [-0.1, -0.05) is 5.16 Å². The molecule has 1 aromatic carbocycles. The Balaban J connectivity index is 1.63. The zero-order valence-electron chi connectivity index (χ0n) is 18.2. The molecule has 2 heterocycles. The van der Waals surface area contributed by atoms with Crippen LogP contribution in [0.1, 0.15) is 42.3 Å². The number of carbonyl (C=O) groups excluding carboxylic acids is 1. The highest BCUT2D eigenvalue weighted by molar-refractivity contribution is 7.90. The molecule has 2 aliphatic rings. The van der Waals surface area contributed by atoms with Crippen molar-refractivity contribution in [3.63, 3.8) is 0 Å². The van der Waals surface area contributed by atoms with Gasteiger partial charge in [-0.25, -0.2) is 17.2 Å². The van der Waals surface area contributed by atoms with Gasteiger partial charge in [0.2, 0.25) is 0 Å². The first-order valence-electron chi connectivity index (χ1n) is 10.1. The van der Waals surface area contributed by atoms with E-state index in [-0.39, 0.29) is 41.0 Å². The normalized spacial score (nSPS) is 23.5. The van der Waals surface area contributed by atoms with Gasteiger partial charge in [0.25, 0.3) is 11.8 Å². The summed E-state index contributed by atoms with van der Waals surface area (Å²) in [4.78, 5) is 17.8. The third kappa shape index (κ3) is 4.34. The zero-order chi connectivity index (χ0) is 25.3. The molecule has 186 valence electrons. The Morgan fingerprint density at radius 3 is 2.53 bits per heavy atom. The number of rotatable bonds is 6. The van der Waals surface area contributed by atoms with E-state index in [1.807, 2.05) is 0 Å². The van der Waals surface area contributed by atoms with E-state index in [9.17, 15) is 35.2 Å². The molecule has 0 spiro atoms. The summed E-state index contributed by atoms with van der Waals surface area (Å²) in [5, 5.41) is 3.44. The molecule has 0 N–H and O–H groups in total. The van der Waals surface area contributed by atoms with E-state index >= 15 is 0 Å².